The third-order valence-electron chi connectivity index (χ3n) is 17.5. The van der Waals surface area contributed by atoms with Crippen molar-refractivity contribution in [1.29, 1.82) is 0 Å². The molecule has 2 N–H and O–H groups in total. The largest absolute Gasteiger partial charge is 0.464 e. The van der Waals surface area contributed by atoms with Crippen molar-refractivity contribution >= 4 is 51.8 Å². The average molecular weight is 1080 g/mol. The number of carbonyl (C=O) groups is 5. The Morgan fingerprint density at radius 3 is 2.41 bits per heavy atom. The minimum atomic E-state index is -2.20. The highest BCUT2D eigenvalue weighted by molar-refractivity contribution is 5.96. The molecule has 424 valence electrons. The van der Waals surface area contributed by atoms with Gasteiger partial charge in [0.2, 0.25) is 11.8 Å². The number of methoxy groups -OCH3 is 1. The van der Waals surface area contributed by atoms with Crippen molar-refractivity contribution in [1.82, 2.24) is 44.9 Å². The second-order valence-corrected chi connectivity index (χ2v) is 24.7. The fraction of sp³-hybridized carbons (Fsp3) is 0.661. The number of likely N-dealkylation sites (N-methyl/N-ethyl adjacent to an activating group) is 1. The minimum Gasteiger partial charge on any atom is -0.464 e. The van der Waals surface area contributed by atoms with Gasteiger partial charge in [-0.1, -0.05) is 33.8 Å². The van der Waals surface area contributed by atoms with Crippen LogP contribution in [0.5, 0.6) is 0 Å². The Bertz CT molecular complexity index is 2810. The number of carbonyl (C=O) groups excluding carboxylic acids is 5. The van der Waals surface area contributed by atoms with Crippen molar-refractivity contribution in [2.24, 2.45) is 17.3 Å². The number of ether oxygens (including phenoxy) is 3. The van der Waals surface area contributed by atoms with Crippen molar-refractivity contribution in [3.05, 3.63) is 53.4 Å². The number of hydrogen-bond acceptors (Lipinski definition) is 13. The molecule has 78 heavy (non-hydrogen) atoms. The van der Waals surface area contributed by atoms with Gasteiger partial charge >= 0.3 is 5.97 Å². The van der Waals surface area contributed by atoms with Crippen LogP contribution in [0.2, 0.25) is 0 Å². The van der Waals surface area contributed by atoms with E-state index in [1.807, 2.05) is 27.0 Å². The summed E-state index contributed by atoms with van der Waals surface area (Å²) in [4.78, 5) is 87.9. The van der Waals surface area contributed by atoms with Gasteiger partial charge in [0.25, 0.3) is 11.8 Å². The Kier molecular flexibility index (Phi) is 15.9. The van der Waals surface area contributed by atoms with Gasteiger partial charge in [-0.05, 0) is 113 Å². The number of nitrogens with one attached hydrogen (secondary N) is 2. The van der Waals surface area contributed by atoms with Crippen molar-refractivity contribution < 1.29 is 42.6 Å². The van der Waals surface area contributed by atoms with Gasteiger partial charge in [0, 0.05) is 108 Å². The van der Waals surface area contributed by atoms with E-state index in [2.05, 4.69) is 81.1 Å². The molecule has 8 heterocycles. The van der Waals surface area contributed by atoms with Crippen molar-refractivity contribution in [2.45, 2.75) is 149 Å². The quantitative estimate of drug-likeness (QED) is 0.276. The van der Waals surface area contributed by atoms with E-state index in [9.17, 15) is 19.2 Å². The van der Waals surface area contributed by atoms with Gasteiger partial charge in [0.05, 0.1) is 60.7 Å². The lowest BCUT2D eigenvalue weighted by Crippen LogP contribution is -2.64. The van der Waals surface area contributed by atoms with Crippen LogP contribution in [0, 0.1) is 17.3 Å². The van der Waals surface area contributed by atoms with E-state index in [0.29, 0.717) is 51.5 Å². The first-order valence-electron chi connectivity index (χ1n) is 28.7. The summed E-state index contributed by atoms with van der Waals surface area (Å²) in [5, 5.41) is 5.58. The zero-order valence-electron chi connectivity index (χ0n) is 47.6. The Labute approximate surface area is 459 Å². The summed E-state index contributed by atoms with van der Waals surface area (Å²) in [5.41, 5.74) is 8.33. The van der Waals surface area contributed by atoms with E-state index in [-0.39, 0.29) is 50.7 Å². The number of likely N-dealkylation sites (tertiary alicyclic amines) is 1. The van der Waals surface area contributed by atoms with Crippen LogP contribution in [-0.2, 0) is 51.1 Å². The fourth-order valence-electron chi connectivity index (χ4n) is 13.2. The molecule has 4 amide bonds. The Morgan fingerprint density at radius 1 is 0.962 bits per heavy atom. The van der Waals surface area contributed by atoms with E-state index in [1.165, 1.54) is 41.5 Å². The first kappa shape index (κ1) is 55.8. The number of aryl methyl sites for hydroxylation is 1. The molecule has 7 aliphatic rings. The summed E-state index contributed by atoms with van der Waals surface area (Å²) in [5.74, 6) is -3.63. The molecule has 5 fully saturated rings. The first-order valence-corrected chi connectivity index (χ1v) is 28.7. The molecule has 3 aromatic rings. The number of alkyl halides is 1. The highest BCUT2D eigenvalue weighted by Gasteiger charge is 2.49. The maximum absolute atomic E-state index is 15.6. The number of hydrogen-bond donors (Lipinski definition) is 2. The molecular formula is C59H83FN10O8. The van der Waals surface area contributed by atoms with Gasteiger partial charge in [-0.2, -0.15) is 0 Å². The number of nitrogens with zero attached hydrogens (tertiary/aromatic N) is 8. The predicted molar refractivity (Wildman–Crippen MR) is 296 cm³/mol. The number of aromatic nitrogens is 2. The highest BCUT2D eigenvalue weighted by Crippen LogP contribution is 2.43. The number of rotatable bonds is 8. The standard InChI is InChI=1S/C59H83FN10O8/c1-11-68-48-17-14-37-26-43(48)45(52(68)44-27-40(29-61-50(44)36(4)76-10)67-23-21-66(22-24-67)39-15-16-39)28-58(5,6)34-78-56(74)46-13-12-19-70(63-46)55(73)47-32-65-30-38(37)25-41(31-65)77-33-49-42(18-20-69(49)57(75)59(7,8)60)54(72)64(9)51(35(2)3)53(71)62-47/h14,17,25-27,29,35-36,39,41-42,46-47,49,51,63H,11-13,15-16,18-24,28,30-34H2,1-10H3,(H,62,71)/t36-,41-,42-,46-,47-,49+,51-/m0/s1. The highest BCUT2D eigenvalue weighted by atomic mass is 19.1. The third kappa shape index (κ3) is 11.2. The summed E-state index contributed by atoms with van der Waals surface area (Å²) < 4.78 is 37.2. The lowest BCUT2D eigenvalue weighted by molar-refractivity contribution is -0.155. The average Bonchev–Trinajstić information content (AvgIpc) is 4.22. The number of pyridine rings is 1. The van der Waals surface area contributed by atoms with Crippen LogP contribution >= 0.6 is 0 Å². The zero-order valence-corrected chi connectivity index (χ0v) is 47.6. The second-order valence-electron chi connectivity index (χ2n) is 24.7. The maximum Gasteiger partial charge on any atom is 0.324 e. The lowest BCUT2D eigenvalue weighted by Gasteiger charge is -2.40. The summed E-state index contributed by atoms with van der Waals surface area (Å²) in [7, 11) is 3.29. The van der Waals surface area contributed by atoms with Gasteiger partial charge < -0.3 is 38.8 Å². The molecule has 1 aliphatic carbocycles. The molecule has 18 nitrogen and oxygen atoms in total. The van der Waals surface area contributed by atoms with E-state index in [4.69, 9.17) is 19.2 Å². The molecular weight excluding hydrogens is 996 g/mol. The van der Waals surface area contributed by atoms with E-state index < -0.39 is 71.0 Å². The van der Waals surface area contributed by atoms with Crippen molar-refractivity contribution in [3.8, 4) is 11.3 Å². The SMILES string of the molecule is CCn1c(-c2cc(N3CCN(C4CC4)CC3)cnc2[C@H](C)OC)c2c3cc(ccc31)C1=C[C@H]3CN(C1)C[C@H](NC(=O)[C@H](C(C)C)N(C)C(=O)[C@H]1CCN(C(=O)C(C)(C)F)[C@@H]1CO3)C(=O)N1CCC[C@H](N1)C(=O)OCC(C)(C)C2. The molecule has 2 aromatic heterocycles. The number of cyclic esters (lactones) is 1. The van der Waals surface area contributed by atoms with Crippen LogP contribution < -0.4 is 15.6 Å². The van der Waals surface area contributed by atoms with Gasteiger partial charge in [-0.3, -0.25) is 43.8 Å². The lowest BCUT2D eigenvalue weighted by atomic mass is 9.84. The van der Waals surface area contributed by atoms with Crippen LogP contribution in [-0.4, -0.2) is 192 Å². The van der Waals surface area contributed by atoms with Crippen molar-refractivity contribution in [2.75, 3.05) is 91.2 Å². The van der Waals surface area contributed by atoms with E-state index in [0.717, 1.165) is 76.4 Å². The van der Waals surface area contributed by atoms with E-state index in [1.54, 1.807) is 14.2 Å². The van der Waals surface area contributed by atoms with Crippen LogP contribution in [0.25, 0.3) is 27.7 Å². The molecule has 8 atom stereocenters. The van der Waals surface area contributed by atoms with Crippen molar-refractivity contribution in [3.63, 3.8) is 0 Å². The molecule has 0 radical (unpaired) electrons. The van der Waals surface area contributed by atoms with Crippen LogP contribution in [0.1, 0.15) is 110 Å². The minimum absolute atomic E-state index is 0.0586. The molecule has 10 rings (SSSR count). The monoisotopic (exact) mass is 1080 g/mol. The van der Waals surface area contributed by atoms with Crippen LogP contribution in [0.3, 0.4) is 0 Å². The Morgan fingerprint density at radius 2 is 1.72 bits per heavy atom. The normalized spacial score (nSPS) is 28.4. The topological polar surface area (TPSA) is 174 Å². The fourth-order valence-corrected chi connectivity index (χ4v) is 13.2. The number of esters is 1. The molecule has 4 saturated heterocycles. The Balaban J connectivity index is 1.13. The van der Waals surface area contributed by atoms with Gasteiger partial charge in [-0.15, -0.1) is 0 Å². The summed E-state index contributed by atoms with van der Waals surface area (Å²) in [6.45, 7) is 20.4. The molecule has 0 spiro atoms. The van der Waals surface area contributed by atoms with E-state index >= 15 is 9.18 Å². The first-order chi connectivity index (χ1) is 37.1. The molecule has 1 saturated carbocycles. The predicted octanol–water partition coefficient (Wildman–Crippen LogP) is 5.37. The summed E-state index contributed by atoms with van der Waals surface area (Å²) >= 11 is 0. The zero-order chi connectivity index (χ0) is 55.5. The Hall–Kier alpha value is -5.47. The maximum atomic E-state index is 15.6. The number of fused-ring (bicyclic) bond motifs is 8. The molecule has 6 aliphatic heterocycles. The third-order valence-corrected chi connectivity index (χ3v) is 17.5. The number of piperazine rings is 1. The summed E-state index contributed by atoms with van der Waals surface area (Å²) in [6, 6.07) is 5.85. The van der Waals surface area contributed by atoms with Gasteiger partial charge in [-0.25, -0.2) is 9.82 Å². The number of amides is 4. The molecule has 1 unspecified atom stereocenters. The van der Waals surface area contributed by atoms with Gasteiger partial charge in [0.1, 0.15) is 18.1 Å². The smallest absolute Gasteiger partial charge is 0.324 e. The molecule has 8 bridgehead atoms. The number of benzene rings is 1. The number of anilines is 1. The van der Waals surface area contributed by atoms with Crippen LogP contribution in [0.15, 0.2) is 36.5 Å². The number of halogens is 1. The van der Waals surface area contributed by atoms with Gasteiger partial charge in [0.15, 0.2) is 5.67 Å². The summed E-state index contributed by atoms with van der Waals surface area (Å²) in [6.07, 6.45) is 7.50. The second kappa shape index (κ2) is 22.2. The van der Waals surface area contributed by atoms with Crippen LogP contribution in [0.4, 0.5) is 10.1 Å². The molecule has 1 aromatic carbocycles. The number of hydrazine groups is 1. The molecule has 19 heteroatoms.